The van der Waals surface area contributed by atoms with Gasteiger partial charge >= 0.3 is 0 Å². The van der Waals surface area contributed by atoms with Crippen LogP contribution in [-0.4, -0.2) is 27.7 Å². The minimum atomic E-state index is -3.53. The first-order valence-electron chi connectivity index (χ1n) is 5.49. The van der Waals surface area contributed by atoms with E-state index in [1.807, 2.05) is 13.8 Å². The maximum Gasteiger partial charge on any atom is 0.240 e. The van der Waals surface area contributed by atoms with Gasteiger partial charge in [-0.25, -0.2) is 13.1 Å². The second-order valence-corrected chi connectivity index (χ2v) is 6.62. The molecule has 1 aromatic carbocycles. The summed E-state index contributed by atoms with van der Waals surface area (Å²) in [5.41, 5.74) is 6.03. The number of sulfonamides is 1. The molecule has 0 bridgehead atoms. The van der Waals surface area contributed by atoms with Gasteiger partial charge in [0.2, 0.25) is 10.0 Å². The Hall–Kier alpha value is -0.630. The van der Waals surface area contributed by atoms with E-state index in [4.69, 9.17) is 10.5 Å². The highest BCUT2D eigenvalue weighted by molar-refractivity contribution is 9.10. The van der Waals surface area contributed by atoms with Crippen LogP contribution in [0.1, 0.15) is 13.8 Å². The molecule has 1 rings (SSSR count). The van der Waals surface area contributed by atoms with Crippen LogP contribution in [0.4, 0.5) is 5.69 Å². The van der Waals surface area contributed by atoms with E-state index in [0.29, 0.717) is 16.8 Å². The molecule has 0 unspecified atom stereocenters. The molecule has 0 amide bonds. The molecule has 3 N–H and O–H groups in total. The van der Waals surface area contributed by atoms with Crippen LogP contribution < -0.4 is 10.5 Å². The average molecular weight is 337 g/mol. The third kappa shape index (κ3) is 4.56. The fourth-order valence-corrected chi connectivity index (χ4v) is 2.54. The maximum absolute atomic E-state index is 11.9. The van der Waals surface area contributed by atoms with E-state index < -0.39 is 10.0 Å². The molecule has 0 spiro atoms. The van der Waals surface area contributed by atoms with Crippen molar-refractivity contribution < 1.29 is 13.2 Å². The minimum Gasteiger partial charge on any atom is -0.398 e. The van der Waals surface area contributed by atoms with Gasteiger partial charge in [0.25, 0.3) is 0 Å². The van der Waals surface area contributed by atoms with Gasteiger partial charge in [0.05, 0.1) is 17.6 Å². The van der Waals surface area contributed by atoms with Crippen LogP contribution in [0.2, 0.25) is 0 Å². The van der Waals surface area contributed by atoms with Gasteiger partial charge in [-0.05, 0) is 48.0 Å². The van der Waals surface area contributed by atoms with Gasteiger partial charge in [0.15, 0.2) is 0 Å². The molecule has 5 nitrogen and oxygen atoms in total. The lowest BCUT2D eigenvalue weighted by Gasteiger charge is -2.10. The second-order valence-electron chi connectivity index (χ2n) is 4.00. The number of nitrogen functional groups attached to an aromatic ring is 1. The third-order valence-corrected chi connectivity index (χ3v) is 4.30. The van der Waals surface area contributed by atoms with Gasteiger partial charge in [-0.15, -0.1) is 0 Å². The van der Waals surface area contributed by atoms with Gasteiger partial charge < -0.3 is 10.5 Å². The van der Waals surface area contributed by atoms with Crippen molar-refractivity contribution >= 4 is 31.6 Å². The molecule has 0 saturated heterocycles. The van der Waals surface area contributed by atoms with Crippen molar-refractivity contribution in [1.82, 2.24) is 4.72 Å². The fraction of sp³-hybridized carbons (Fsp3) is 0.455. The Labute approximate surface area is 116 Å². The first-order chi connectivity index (χ1) is 8.33. The van der Waals surface area contributed by atoms with E-state index in [9.17, 15) is 8.42 Å². The zero-order valence-corrected chi connectivity index (χ0v) is 12.7. The smallest absolute Gasteiger partial charge is 0.240 e. The van der Waals surface area contributed by atoms with E-state index >= 15 is 0 Å². The number of hydrogen-bond acceptors (Lipinski definition) is 4. The monoisotopic (exact) mass is 336 g/mol. The van der Waals surface area contributed by atoms with E-state index in [0.717, 1.165) is 0 Å². The molecule has 0 saturated carbocycles. The van der Waals surface area contributed by atoms with Crippen LogP contribution in [0.25, 0.3) is 0 Å². The molecule has 18 heavy (non-hydrogen) atoms. The number of rotatable bonds is 6. The summed E-state index contributed by atoms with van der Waals surface area (Å²) in [5, 5.41) is 0. The maximum atomic E-state index is 11.9. The zero-order valence-electron chi connectivity index (χ0n) is 10.3. The summed E-state index contributed by atoms with van der Waals surface area (Å²) < 4.78 is 32.2. The molecule has 0 aromatic heterocycles. The Morgan fingerprint density at radius 2 is 2.11 bits per heavy atom. The Morgan fingerprint density at radius 3 is 2.67 bits per heavy atom. The number of hydrogen-bond donors (Lipinski definition) is 2. The summed E-state index contributed by atoms with van der Waals surface area (Å²) >= 11 is 3.22. The summed E-state index contributed by atoms with van der Waals surface area (Å²) in [5.74, 6) is 0. The van der Waals surface area contributed by atoms with Crippen molar-refractivity contribution in [2.75, 3.05) is 18.9 Å². The molecule has 0 aliphatic rings. The summed E-state index contributed by atoms with van der Waals surface area (Å²) in [7, 11) is -3.53. The van der Waals surface area contributed by atoms with Crippen LogP contribution >= 0.6 is 15.9 Å². The Morgan fingerprint density at radius 1 is 1.44 bits per heavy atom. The number of halogens is 1. The molecule has 7 heteroatoms. The number of nitrogens with two attached hydrogens (primary N) is 1. The molecular weight excluding hydrogens is 320 g/mol. The summed E-state index contributed by atoms with van der Waals surface area (Å²) in [6, 6.07) is 4.51. The molecular formula is C11H17BrN2O3S. The summed E-state index contributed by atoms with van der Waals surface area (Å²) in [6.07, 6.45) is 0.0813. The van der Waals surface area contributed by atoms with Gasteiger partial charge in [-0.1, -0.05) is 0 Å². The quantitative estimate of drug-likeness (QED) is 0.612. The van der Waals surface area contributed by atoms with Crippen LogP contribution in [0.15, 0.2) is 27.6 Å². The number of nitrogens with one attached hydrogen (secondary N) is 1. The molecule has 0 aliphatic heterocycles. The van der Waals surface area contributed by atoms with Gasteiger partial charge in [0.1, 0.15) is 0 Å². The highest BCUT2D eigenvalue weighted by Gasteiger charge is 2.14. The molecule has 1 aromatic rings. The van der Waals surface area contributed by atoms with Crippen LogP contribution in [-0.2, 0) is 14.8 Å². The SMILES string of the molecule is CC(C)OCCNS(=O)(=O)c1ccc(Br)c(N)c1. The van der Waals surface area contributed by atoms with Crippen LogP contribution in [0, 0.1) is 0 Å². The fourth-order valence-electron chi connectivity index (χ4n) is 1.24. The van der Waals surface area contributed by atoms with E-state index in [1.54, 1.807) is 6.07 Å². The lowest BCUT2D eigenvalue weighted by atomic mass is 10.3. The molecule has 102 valence electrons. The zero-order chi connectivity index (χ0) is 13.8. The molecule has 0 atom stereocenters. The molecule has 0 fully saturated rings. The highest BCUT2D eigenvalue weighted by Crippen LogP contribution is 2.22. The van der Waals surface area contributed by atoms with Crippen molar-refractivity contribution in [1.29, 1.82) is 0 Å². The van der Waals surface area contributed by atoms with E-state index in [1.165, 1.54) is 12.1 Å². The first kappa shape index (κ1) is 15.4. The summed E-state index contributed by atoms with van der Waals surface area (Å²) in [4.78, 5) is 0.146. The normalized spacial score (nSPS) is 12.0. The lowest BCUT2D eigenvalue weighted by Crippen LogP contribution is -2.28. The van der Waals surface area contributed by atoms with E-state index in [-0.39, 0.29) is 17.5 Å². The minimum absolute atomic E-state index is 0.0813. The first-order valence-corrected chi connectivity index (χ1v) is 7.77. The topological polar surface area (TPSA) is 81.4 Å². The van der Waals surface area contributed by atoms with Gasteiger partial charge in [-0.3, -0.25) is 0 Å². The standard InChI is InChI=1S/C11H17BrN2O3S/c1-8(2)17-6-5-14-18(15,16)9-3-4-10(12)11(13)7-9/h3-4,7-8,14H,5-6,13H2,1-2H3. The number of ether oxygens (including phenoxy) is 1. The highest BCUT2D eigenvalue weighted by atomic mass is 79.9. The Balaban J connectivity index is 2.66. The predicted octanol–water partition coefficient (Wildman–Crippen LogP) is 1.73. The molecule has 0 aliphatic carbocycles. The van der Waals surface area contributed by atoms with Crippen molar-refractivity contribution in [3.63, 3.8) is 0 Å². The second kappa shape index (κ2) is 6.51. The van der Waals surface area contributed by atoms with E-state index in [2.05, 4.69) is 20.7 Å². The lowest BCUT2D eigenvalue weighted by molar-refractivity contribution is 0.0834. The van der Waals surface area contributed by atoms with Crippen molar-refractivity contribution in [3.05, 3.63) is 22.7 Å². The van der Waals surface area contributed by atoms with Crippen LogP contribution in [0.5, 0.6) is 0 Å². The van der Waals surface area contributed by atoms with Gasteiger partial charge in [0, 0.05) is 16.7 Å². The Kier molecular flexibility index (Phi) is 5.58. The third-order valence-electron chi connectivity index (χ3n) is 2.12. The number of anilines is 1. The molecule has 0 radical (unpaired) electrons. The molecule has 0 heterocycles. The predicted molar refractivity (Wildman–Crippen MR) is 74.8 cm³/mol. The van der Waals surface area contributed by atoms with Crippen LogP contribution in [0.3, 0.4) is 0 Å². The average Bonchev–Trinajstić information content (AvgIpc) is 2.28. The van der Waals surface area contributed by atoms with Crippen molar-refractivity contribution in [3.8, 4) is 0 Å². The van der Waals surface area contributed by atoms with Crippen molar-refractivity contribution in [2.45, 2.75) is 24.8 Å². The summed E-state index contributed by atoms with van der Waals surface area (Å²) in [6.45, 7) is 4.35. The largest absolute Gasteiger partial charge is 0.398 e. The Bertz CT molecular complexity index is 503. The van der Waals surface area contributed by atoms with Crippen molar-refractivity contribution in [2.24, 2.45) is 0 Å². The number of benzene rings is 1. The van der Waals surface area contributed by atoms with Gasteiger partial charge in [-0.2, -0.15) is 0 Å².